The Morgan fingerprint density at radius 2 is 1.93 bits per heavy atom. The largest absolute Gasteiger partial charge is 0.441 e. The van der Waals surface area contributed by atoms with Crippen molar-refractivity contribution in [1.82, 2.24) is 24.8 Å². The zero-order valence-electron chi connectivity index (χ0n) is 16.3. The third-order valence-electron chi connectivity index (χ3n) is 5.16. The second-order valence-corrected chi connectivity index (χ2v) is 7.31. The standard InChI is InChI=1S/C21H25N5O2/c1-15-3-5-17(6-4-15)21-24-19(16(2)28-21)13-26-10-9-25(8-7-20(26)27)12-18-11-22-14-23-18/h3-6,11,14H,7-10,12-13H2,1-2H3,(H,22,23). The van der Waals surface area contributed by atoms with Gasteiger partial charge in [-0.1, -0.05) is 17.7 Å². The Morgan fingerprint density at radius 1 is 1.11 bits per heavy atom. The maximum atomic E-state index is 12.6. The van der Waals surface area contributed by atoms with Crippen LogP contribution in [0.4, 0.5) is 0 Å². The Kier molecular flexibility index (Phi) is 5.25. The van der Waals surface area contributed by atoms with Crippen molar-refractivity contribution in [3.8, 4) is 11.5 Å². The highest BCUT2D eigenvalue weighted by atomic mass is 16.4. The van der Waals surface area contributed by atoms with E-state index in [1.165, 1.54) is 5.56 Å². The Labute approximate surface area is 164 Å². The molecule has 3 heterocycles. The molecule has 0 spiro atoms. The molecule has 1 aliphatic rings. The highest BCUT2D eigenvalue weighted by Crippen LogP contribution is 2.23. The molecule has 0 atom stereocenters. The van der Waals surface area contributed by atoms with Crippen LogP contribution >= 0.6 is 0 Å². The van der Waals surface area contributed by atoms with E-state index in [1.54, 1.807) is 6.33 Å². The fourth-order valence-corrected chi connectivity index (χ4v) is 3.42. The van der Waals surface area contributed by atoms with E-state index in [2.05, 4.69) is 26.8 Å². The number of aromatic amines is 1. The number of carbonyl (C=O) groups excluding carboxylic acids is 1. The number of imidazole rings is 1. The molecular formula is C21H25N5O2. The van der Waals surface area contributed by atoms with Gasteiger partial charge in [0.25, 0.3) is 0 Å². The van der Waals surface area contributed by atoms with Crippen molar-refractivity contribution in [2.45, 2.75) is 33.4 Å². The summed E-state index contributed by atoms with van der Waals surface area (Å²) in [7, 11) is 0. The van der Waals surface area contributed by atoms with Crippen LogP contribution in [0.5, 0.6) is 0 Å². The number of hydrogen-bond donors (Lipinski definition) is 1. The molecule has 1 saturated heterocycles. The maximum absolute atomic E-state index is 12.6. The molecule has 28 heavy (non-hydrogen) atoms. The topological polar surface area (TPSA) is 78.3 Å². The summed E-state index contributed by atoms with van der Waals surface area (Å²) in [6.45, 7) is 7.48. The van der Waals surface area contributed by atoms with Gasteiger partial charge in [0, 0.05) is 50.1 Å². The number of rotatable bonds is 5. The van der Waals surface area contributed by atoms with Crippen LogP contribution in [0.15, 0.2) is 41.2 Å². The lowest BCUT2D eigenvalue weighted by Crippen LogP contribution is -2.33. The molecule has 1 aliphatic heterocycles. The van der Waals surface area contributed by atoms with Crippen LogP contribution in [0, 0.1) is 13.8 Å². The summed E-state index contributed by atoms with van der Waals surface area (Å²) in [5, 5.41) is 0. The lowest BCUT2D eigenvalue weighted by molar-refractivity contribution is -0.131. The summed E-state index contributed by atoms with van der Waals surface area (Å²) < 4.78 is 5.87. The van der Waals surface area contributed by atoms with Crippen molar-refractivity contribution in [3.05, 3.63) is 59.5 Å². The third-order valence-corrected chi connectivity index (χ3v) is 5.16. The molecule has 0 saturated carbocycles. The van der Waals surface area contributed by atoms with E-state index >= 15 is 0 Å². The molecule has 0 bridgehead atoms. The van der Waals surface area contributed by atoms with Gasteiger partial charge in [-0.3, -0.25) is 9.69 Å². The average Bonchev–Trinajstić information content (AvgIpc) is 3.28. The molecule has 2 aromatic heterocycles. The van der Waals surface area contributed by atoms with Gasteiger partial charge >= 0.3 is 0 Å². The van der Waals surface area contributed by atoms with E-state index in [4.69, 9.17) is 4.42 Å². The van der Waals surface area contributed by atoms with Crippen molar-refractivity contribution < 1.29 is 9.21 Å². The van der Waals surface area contributed by atoms with Gasteiger partial charge in [0.05, 0.1) is 12.9 Å². The number of oxazole rings is 1. The van der Waals surface area contributed by atoms with E-state index in [9.17, 15) is 4.79 Å². The first-order valence-corrected chi connectivity index (χ1v) is 9.59. The number of H-pyrrole nitrogens is 1. The smallest absolute Gasteiger partial charge is 0.226 e. The minimum absolute atomic E-state index is 0.159. The third kappa shape index (κ3) is 4.14. The van der Waals surface area contributed by atoms with Crippen LogP contribution in [0.3, 0.4) is 0 Å². The van der Waals surface area contributed by atoms with Gasteiger partial charge < -0.3 is 14.3 Å². The number of hydrogen-bond acceptors (Lipinski definition) is 5. The number of amides is 1. The fraction of sp³-hybridized carbons (Fsp3) is 0.381. The molecule has 1 amide bonds. The lowest BCUT2D eigenvalue weighted by Gasteiger charge is -2.21. The Hall–Kier alpha value is -2.93. The van der Waals surface area contributed by atoms with Gasteiger partial charge in [-0.2, -0.15) is 0 Å². The van der Waals surface area contributed by atoms with Crippen molar-refractivity contribution >= 4 is 5.91 Å². The molecule has 146 valence electrons. The maximum Gasteiger partial charge on any atom is 0.226 e. The second-order valence-electron chi connectivity index (χ2n) is 7.31. The summed E-state index contributed by atoms with van der Waals surface area (Å²) in [5.74, 6) is 1.53. The fourth-order valence-electron chi connectivity index (χ4n) is 3.42. The zero-order valence-corrected chi connectivity index (χ0v) is 16.3. The molecule has 7 nitrogen and oxygen atoms in total. The van der Waals surface area contributed by atoms with Crippen molar-refractivity contribution in [3.63, 3.8) is 0 Å². The Balaban J connectivity index is 1.43. The first kappa shape index (κ1) is 18.4. The van der Waals surface area contributed by atoms with E-state index < -0.39 is 0 Å². The van der Waals surface area contributed by atoms with Gasteiger partial charge in [-0.25, -0.2) is 9.97 Å². The number of nitrogens with one attached hydrogen (secondary N) is 1. The minimum atomic E-state index is 0.159. The van der Waals surface area contributed by atoms with Crippen LogP contribution in [0.2, 0.25) is 0 Å². The van der Waals surface area contributed by atoms with Crippen LogP contribution < -0.4 is 0 Å². The summed E-state index contributed by atoms with van der Waals surface area (Å²) in [6, 6.07) is 8.10. The summed E-state index contributed by atoms with van der Waals surface area (Å²) in [4.78, 5) is 28.6. The predicted molar refractivity (Wildman–Crippen MR) is 105 cm³/mol. The van der Waals surface area contributed by atoms with Crippen molar-refractivity contribution in [2.24, 2.45) is 0 Å². The van der Waals surface area contributed by atoms with Crippen LogP contribution in [0.1, 0.15) is 29.1 Å². The molecule has 1 fully saturated rings. The molecular weight excluding hydrogens is 354 g/mol. The first-order valence-electron chi connectivity index (χ1n) is 9.59. The molecule has 0 aliphatic carbocycles. The molecule has 1 aromatic carbocycles. The normalized spacial score (nSPS) is 15.8. The summed E-state index contributed by atoms with van der Waals surface area (Å²) in [5.41, 5.74) is 4.04. The average molecular weight is 379 g/mol. The first-order chi connectivity index (χ1) is 13.6. The molecule has 4 rings (SSSR count). The number of carbonyl (C=O) groups is 1. The van der Waals surface area contributed by atoms with Gasteiger partial charge in [0.15, 0.2) is 0 Å². The van der Waals surface area contributed by atoms with Crippen molar-refractivity contribution in [1.29, 1.82) is 0 Å². The van der Waals surface area contributed by atoms with Gasteiger partial charge in [0.2, 0.25) is 11.8 Å². The zero-order chi connectivity index (χ0) is 19.5. The number of aromatic nitrogens is 3. The monoisotopic (exact) mass is 379 g/mol. The lowest BCUT2D eigenvalue weighted by atomic mass is 10.1. The second kappa shape index (κ2) is 7.98. The number of benzene rings is 1. The quantitative estimate of drug-likeness (QED) is 0.737. The van der Waals surface area contributed by atoms with Crippen molar-refractivity contribution in [2.75, 3.05) is 19.6 Å². The predicted octanol–water partition coefficient (Wildman–Crippen LogP) is 2.92. The van der Waals surface area contributed by atoms with Crippen LogP contribution in [-0.4, -0.2) is 50.3 Å². The number of aryl methyl sites for hydroxylation is 2. The molecule has 0 unspecified atom stereocenters. The Morgan fingerprint density at radius 3 is 2.68 bits per heavy atom. The summed E-state index contributed by atoms with van der Waals surface area (Å²) >= 11 is 0. The minimum Gasteiger partial charge on any atom is -0.441 e. The molecule has 0 radical (unpaired) electrons. The van der Waals surface area contributed by atoms with Crippen LogP contribution in [0.25, 0.3) is 11.5 Å². The molecule has 3 aromatic rings. The van der Waals surface area contributed by atoms with Gasteiger partial charge in [0.1, 0.15) is 11.5 Å². The highest BCUT2D eigenvalue weighted by molar-refractivity contribution is 5.76. The SMILES string of the molecule is Cc1ccc(-c2nc(CN3CCN(Cc4cnc[nH]4)CCC3=O)c(C)o2)cc1. The summed E-state index contributed by atoms with van der Waals surface area (Å²) in [6.07, 6.45) is 4.02. The van der Waals surface area contributed by atoms with Gasteiger partial charge in [-0.05, 0) is 26.0 Å². The number of nitrogens with zero attached hydrogens (tertiary/aromatic N) is 4. The van der Waals surface area contributed by atoms with E-state index in [0.29, 0.717) is 25.4 Å². The highest BCUT2D eigenvalue weighted by Gasteiger charge is 2.23. The van der Waals surface area contributed by atoms with E-state index in [1.807, 2.05) is 42.3 Å². The molecule has 7 heteroatoms. The van der Waals surface area contributed by atoms with Gasteiger partial charge in [-0.15, -0.1) is 0 Å². The van der Waals surface area contributed by atoms with E-state index in [-0.39, 0.29) is 5.91 Å². The van der Waals surface area contributed by atoms with E-state index in [0.717, 1.165) is 42.3 Å². The van der Waals surface area contributed by atoms with Crippen LogP contribution in [-0.2, 0) is 17.9 Å². The Bertz CT molecular complexity index is 930. The molecule has 1 N–H and O–H groups in total.